The summed E-state index contributed by atoms with van der Waals surface area (Å²) in [5.41, 5.74) is 2.77. The molecule has 0 N–H and O–H groups in total. The smallest absolute Gasteiger partial charge is 0.0585 e. The van der Waals surface area contributed by atoms with Crippen LogP contribution in [0.1, 0.15) is 26.3 Å². The highest BCUT2D eigenvalue weighted by atomic mass is 15.1. The van der Waals surface area contributed by atoms with Crippen molar-refractivity contribution in [1.82, 2.24) is 4.98 Å². The van der Waals surface area contributed by atoms with Crippen LogP contribution >= 0.6 is 0 Å². The van der Waals surface area contributed by atoms with Gasteiger partial charge in [-0.2, -0.15) is 0 Å². The highest BCUT2D eigenvalue weighted by Crippen LogP contribution is 2.25. The minimum absolute atomic E-state index is 1.10. The first kappa shape index (κ1) is 10.0. The van der Waals surface area contributed by atoms with E-state index in [-0.39, 0.29) is 0 Å². The van der Waals surface area contributed by atoms with Crippen LogP contribution in [0, 0.1) is 0 Å². The number of anilines is 1. The summed E-state index contributed by atoms with van der Waals surface area (Å²) in [5.74, 6) is 0. The number of hydrogen-bond acceptors (Lipinski definition) is 2. The summed E-state index contributed by atoms with van der Waals surface area (Å²) in [4.78, 5) is 6.48. The second kappa shape index (κ2) is 4.85. The molecule has 2 heteroatoms. The van der Waals surface area contributed by atoms with Crippen LogP contribution in [0.25, 0.3) is 0 Å². The molecule has 1 aliphatic rings. The second-order valence-electron chi connectivity index (χ2n) is 2.83. The molecule has 1 aliphatic heterocycles. The third-order valence-corrected chi connectivity index (χ3v) is 2.26. The van der Waals surface area contributed by atoms with Crippen molar-refractivity contribution in [3.05, 3.63) is 24.0 Å². The average molecular weight is 178 g/mol. The molecule has 72 valence electrons. The number of hydrogen-bond donors (Lipinski definition) is 0. The number of aromatic nitrogens is 1. The molecule has 0 atom stereocenters. The Bertz CT molecular complexity index is 258. The lowest BCUT2D eigenvalue weighted by atomic mass is 10.2. The normalized spacial score (nSPS) is 13.3. The van der Waals surface area contributed by atoms with Crippen LogP contribution in [-0.4, -0.2) is 18.1 Å². The number of pyridine rings is 1. The first-order valence-electron chi connectivity index (χ1n) is 5.09. The molecule has 0 radical (unpaired) electrons. The standard InChI is InChI=1S/C9H12N2.C2H6/c1-2-11-6-4-8-3-5-10-7-9(8)11;1-2/h3,5,7H,2,4,6H2,1H3;1-2H3. The van der Waals surface area contributed by atoms with Crippen LogP contribution in [-0.2, 0) is 6.42 Å². The molecule has 0 fully saturated rings. The number of likely N-dealkylation sites (N-methyl/N-ethyl adjacent to an activating group) is 1. The predicted octanol–water partition coefficient (Wildman–Crippen LogP) is 2.49. The molecule has 2 rings (SSSR count). The monoisotopic (exact) mass is 178 g/mol. The summed E-state index contributed by atoms with van der Waals surface area (Å²) in [7, 11) is 0. The Labute approximate surface area is 80.6 Å². The topological polar surface area (TPSA) is 16.1 Å². The van der Waals surface area contributed by atoms with Crippen molar-refractivity contribution in [2.24, 2.45) is 0 Å². The maximum atomic E-state index is 4.11. The molecule has 1 aromatic rings. The molecule has 0 spiro atoms. The van der Waals surface area contributed by atoms with E-state index in [4.69, 9.17) is 0 Å². The van der Waals surface area contributed by atoms with Gasteiger partial charge in [0.05, 0.1) is 11.9 Å². The molecule has 0 amide bonds. The number of rotatable bonds is 1. The number of fused-ring (bicyclic) bond motifs is 1. The van der Waals surface area contributed by atoms with Gasteiger partial charge in [0, 0.05) is 19.3 Å². The molecule has 2 heterocycles. The van der Waals surface area contributed by atoms with Gasteiger partial charge in [-0.25, -0.2) is 0 Å². The summed E-state index contributed by atoms with van der Waals surface area (Å²) in [5, 5.41) is 0. The summed E-state index contributed by atoms with van der Waals surface area (Å²) < 4.78 is 0. The van der Waals surface area contributed by atoms with Crippen molar-refractivity contribution in [2.75, 3.05) is 18.0 Å². The molecule has 2 nitrogen and oxygen atoms in total. The van der Waals surface area contributed by atoms with Crippen molar-refractivity contribution in [3.8, 4) is 0 Å². The molecule has 0 unspecified atom stereocenters. The van der Waals surface area contributed by atoms with E-state index in [9.17, 15) is 0 Å². The Balaban J connectivity index is 0.000000396. The van der Waals surface area contributed by atoms with Gasteiger partial charge in [0.2, 0.25) is 0 Å². The quantitative estimate of drug-likeness (QED) is 0.657. The van der Waals surface area contributed by atoms with Gasteiger partial charge in [-0.1, -0.05) is 13.8 Å². The molecule has 0 aliphatic carbocycles. The molecule has 0 saturated carbocycles. The molecule has 0 aromatic carbocycles. The van der Waals surface area contributed by atoms with Crippen molar-refractivity contribution >= 4 is 5.69 Å². The molecular weight excluding hydrogens is 160 g/mol. The summed E-state index contributed by atoms with van der Waals surface area (Å²) in [6.07, 6.45) is 5.02. The van der Waals surface area contributed by atoms with Crippen molar-refractivity contribution in [1.29, 1.82) is 0 Å². The van der Waals surface area contributed by atoms with E-state index >= 15 is 0 Å². The summed E-state index contributed by atoms with van der Waals surface area (Å²) in [6, 6.07) is 2.12. The van der Waals surface area contributed by atoms with E-state index in [1.54, 1.807) is 0 Å². The highest BCUT2D eigenvalue weighted by Gasteiger charge is 2.16. The van der Waals surface area contributed by atoms with Crippen molar-refractivity contribution in [3.63, 3.8) is 0 Å². The fraction of sp³-hybridized carbons (Fsp3) is 0.545. The Morgan fingerprint density at radius 2 is 2.23 bits per heavy atom. The van der Waals surface area contributed by atoms with Gasteiger partial charge >= 0.3 is 0 Å². The van der Waals surface area contributed by atoms with E-state index in [1.165, 1.54) is 17.7 Å². The first-order valence-corrected chi connectivity index (χ1v) is 5.09. The molecule has 13 heavy (non-hydrogen) atoms. The van der Waals surface area contributed by atoms with Crippen LogP contribution in [0.15, 0.2) is 18.5 Å². The minimum atomic E-state index is 1.10. The Kier molecular flexibility index (Phi) is 3.74. The Hall–Kier alpha value is -1.05. The van der Waals surface area contributed by atoms with Crippen molar-refractivity contribution < 1.29 is 0 Å². The minimum Gasteiger partial charge on any atom is -0.370 e. The van der Waals surface area contributed by atoms with Gasteiger partial charge in [-0.05, 0) is 25.0 Å². The Morgan fingerprint density at radius 3 is 2.92 bits per heavy atom. The maximum Gasteiger partial charge on any atom is 0.0585 e. The third-order valence-electron chi connectivity index (χ3n) is 2.26. The fourth-order valence-corrected chi connectivity index (χ4v) is 1.62. The predicted molar refractivity (Wildman–Crippen MR) is 57.2 cm³/mol. The second-order valence-corrected chi connectivity index (χ2v) is 2.83. The lowest BCUT2D eigenvalue weighted by Crippen LogP contribution is -2.19. The van der Waals surface area contributed by atoms with Crippen LogP contribution in [0.5, 0.6) is 0 Å². The van der Waals surface area contributed by atoms with Gasteiger partial charge < -0.3 is 4.90 Å². The highest BCUT2D eigenvalue weighted by molar-refractivity contribution is 5.55. The van der Waals surface area contributed by atoms with Crippen LogP contribution in [0.4, 0.5) is 5.69 Å². The van der Waals surface area contributed by atoms with Crippen molar-refractivity contribution in [2.45, 2.75) is 27.2 Å². The lowest BCUT2D eigenvalue weighted by molar-refractivity contribution is 0.867. The van der Waals surface area contributed by atoms with Gasteiger partial charge in [-0.3, -0.25) is 4.98 Å². The Morgan fingerprint density at radius 1 is 1.46 bits per heavy atom. The maximum absolute atomic E-state index is 4.11. The SMILES string of the molecule is CC.CCN1CCc2ccncc21. The largest absolute Gasteiger partial charge is 0.370 e. The molecule has 1 aromatic heterocycles. The fourth-order valence-electron chi connectivity index (χ4n) is 1.62. The van der Waals surface area contributed by atoms with Crippen LogP contribution in [0.3, 0.4) is 0 Å². The summed E-state index contributed by atoms with van der Waals surface area (Å²) >= 11 is 0. The van der Waals surface area contributed by atoms with E-state index < -0.39 is 0 Å². The molecule has 0 bridgehead atoms. The van der Waals surface area contributed by atoms with E-state index in [2.05, 4.69) is 22.9 Å². The van der Waals surface area contributed by atoms with Gasteiger partial charge in [0.15, 0.2) is 0 Å². The number of nitrogens with zero attached hydrogens (tertiary/aromatic N) is 2. The first-order chi connectivity index (χ1) is 6.42. The third kappa shape index (κ3) is 2.00. The zero-order valence-corrected chi connectivity index (χ0v) is 8.75. The van der Waals surface area contributed by atoms with Crippen LogP contribution < -0.4 is 4.90 Å². The van der Waals surface area contributed by atoms with Crippen LogP contribution in [0.2, 0.25) is 0 Å². The zero-order valence-electron chi connectivity index (χ0n) is 8.75. The van der Waals surface area contributed by atoms with Gasteiger partial charge in [0.1, 0.15) is 0 Å². The van der Waals surface area contributed by atoms with Gasteiger partial charge in [-0.15, -0.1) is 0 Å². The zero-order chi connectivity index (χ0) is 9.68. The average Bonchev–Trinajstić information content (AvgIpc) is 2.64. The molecule has 0 saturated heterocycles. The lowest BCUT2D eigenvalue weighted by Gasteiger charge is -2.15. The molecular formula is C11H18N2. The summed E-state index contributed by atoms with van der Waals surface area (Å²) in [6.45, 7) is 8.44. The van der Waals surface area contributed by atoms with E-state index in [0.29, 0.717) is 0 Å². The van der Waals surface area contributed by atoms with Gasteiger partial charge in [0.25, 0.3) is 0 Å². The van der Waals surface area contributed by atoms with E-state index in [0.717, 1.165) is 13.1 Å². The van der Waals surface area contributed by atoms with E-state index in [1.807, 2.05) is 26.2 Å².